The van der Waals surface area contributed by atoms with E-state index < -0.39 is 0 Å². The predicted molar refractivity (Wildman–Crippen MR) is 110 cm³/mol. The van der Waals surface area contributed by atoms with Gasteiger partial charge < -0.3 is 15.5 Å². The van der Waals surface area contributed by atoms with E-state index in [1.807, 2.05) is 31.2 Å². The van der Waals surface area contributed by atoms with Crippen LogP contribution in [0.1, 0.15) is 80.1 Å². The van der Waals surface area contributed by atoms with Gasteiger partial charge in [-0.05, 0) is 63.5 Å². The molecule has 0 radical (unpaired) electrons. The second-order valence-electron chi connectivity index (χ2n) is 8.89. The van der Waals surface area contributed by atoms with E-state index in [9.17, 15) is 9.59 Å². The molecule has 2 bridgehead atoms. The Balaban J connectivity index is 1.38. The average Bonchev–Trinajstić information content (AvgIpc) is 2.68. The number of benzene rings is 1. The normalized spacial score (nSPS) is 27.9. The molecule has 2 aliphatic heterocycles. The Morgan fingerprint density at radius 3 is 2.21 bits per heavy atom. The fourth-order valence-electron chi connectivity index (χ4n) is 5.42. The fourth-order valence-corrected chi connectivity index (χ4v) is 5.42. The third kappa shape index (κ3) is 4.18. The Bertz CT molecular complexity index is 700. The van der Waals surface area contributed by atoms with Gasteiger partial charge in [-0.3, -0.25) is 4.79 Å². The van der Waals surface area contributed by atoms with E-state index in [4.69, 9.17) is 0 Å². The lowest BCUT2D eigenvalue weighted by Crippen LogP contribution is -2.61. The smallest absolute Gasteiger partial charge is 0.318 e. The topological polar surface area (TPSA) is 61.4 Å². The van der Waals surface area contributed by atoms with Gasteiger partial charge in [0.1, 0.15) is 0 Å². The maximum atomic E-state index is 13.0. The lowest BCUT2D eigenvalue weighted by atomic mass is 9.81. The number of piperidine rings is 2. The Morgan fingerprint density at radius 2 is 1.54 bits per heavy atom. The summed E-state index contributed by atoms with van der Waals surface area (Å²) in [6.07, 6.45) is 11.0. The molecular weight excluding hydrogens is 350 g/mol. The van der Waals surface area contributed by atoms with Crippen molar-refractivity contribution in [3.63, 3.8) is 0 Å². The molecule has 2 atom stereocenters. The summed E-state index contributed by atoms with van der Waals surface area (Å²) in [6, 6.07) is 8.86. The first kappa shape index (κ1) is 19.3. The lowest BCUT2D eigenvalue weighted by Gasteiger charge is -2.49. The van der Waals surface area contributed by atoms with Crippen molar-refractivity contribution in [1.29, 1.82) is 0 Å². The van der Waals surface area contributed by atoms with Crippen molar-refractivity contribution in [2.45, 2.75) is 95.3 Å². The third-order valence-electron chi connectivity index (χ3n) is 6.87. The third-order valence-corrected chi connectivity index (χ3v) is 6.87. The number of aryl methyl sites for hydroxylation is 1. The van der Waals surface area contributed by atoms with Crippen molar-refractivity contribution in [2.75, 3.05) is 0 Å². The van der Waals surface area contributed by atoms with Crippen LogP contribution in [-0.2, 0) is 0 Å². The molecule has 3 fully saturated rings. The summed E-state index contributed by atoms with van der Waals surface area (Å²) in [5, 5.41) is 6.55. The van der Waals surface area contributed by atoms with Crippen LogP contribution in [0.4, 0.5) is 4.79 Å². The van der Waals surface area contributed by atoms with E-state index in [1.165, 1.54) is 25.7 Å². The molecule has 0 spiro atoms. The molecule has 152 valence electrons. The number of hydrogen-bond donors (Lipinski definition) is 2. The van der Waals surface area contributed by atoms with Crippen molar-refractivity contribution in [3.8, 4) is 0 Å². The number of urea groups is 1. The van der Waals surface area contributed by atoms with Crippen LogP contribution in [0, 0.1) is 6.92 Å². The van der Waals surface area contributed by atoms with Crippen LogP contribution in [-0.4, -0.2) is 41.0 Å². The second-order valence-corrected chi connectivity index (χ2v) is 8.89. The van der Waals surface area contributed by atoms with E-state index >= 15 is 0 Å². The number of carbonyl (C=O) groups excluding carboxylic acids is 2. The molecule has 2 saturated heterocycles. The van der Waals surface area contributed by atoms with E-state index in [0.29, 0.717) is 6.04 Å². The Hall–Kier alpha value is -2.04. The van der Waals surface area contributed by atoms with E-state index in [-0.39, 0.29) is 30.1 Å². The molecule has 0 unspecified atom stereocenters. The van der Waals surface area contributed by atoms with Crippen molar-refractivity contribution >= 4 is 11.9 Å². The zero-order chi connectivity index (χ0) is 19.5. The number of rotatable bonds is 3. The Labute approximate surface area is 168 Å². The monoisotopic (exact) mass is 383 g/mol. The highest BCUT2D eigenvalue weighted by molar-refractivity contribution is 5.95. The fraction of sp³-hybridized carbons (Fsp3) is 0.652. The molecule has 1 aromatic rings. The number of carbonyl (C=O) groups is 2. The zero-order valence-corrected chi connectivity index (χ0v) is 17.0. The molecule has 1 aliphatic carbocycles. The molecule has 4 rings (SSSR count). The first-order chi connectivity index (χ1) is 13.6. The quantitative estimate of drug-likeness (QED) is 0.823. The van der Waals surface area contributed by atoms with Gasteiger partial charge in [0.15, 0.2) is 0 Å². The molecule has 28 heavy (non-hydrogen) atoms. The van der Waals surface area contributed by atoms with Crippen molar-refractivity contribution < 1.29 is 9.59 Å². The van der Waals surface area contributed by atoms with E-state index in [0.717, 1.165) is 49.7 Å². The minimum absolute atomic E-state index is 0.0151. The van der Waals surface area contributed by atoms with Gasteiger partial charge in [0.05, 0.1) is 0 Å². The standard InChI is InChI=1S/C23H33N3O2/c1-16-8-5-6-13-21(16)22(27)24-18-14-19-11-7-12-20(15-18)26(19)23(28)25-17-9-3-2-4-10-17/h5-6,8,13,17-20H,2-4,7,9-12,14-15H2,1H3,(H,24,27)(H,25,28)/t19-,20-/m1/s1. The molecule has 2 heterocycles. The predicted octanol–water partition coefficient (Wildman–Crippen LogP) is 4.15. The van der Waals surface area contributed by atoms with Crippen LogP contribution in [0.3, 0.4) is 0 Å². The lowest BCUT2D eigenvalue weighted by molar-refractivity contribution is 0.0506. The van der Waals surface area contributed by atoms with Crippen molar-refractivity contribution in [3.05, 3.63) is 35.4 Å². The maximum absolute atomic E-state index is 13.0. The minimum atomic E-state index is 0.0151. The van der Waals surface area contributed by atoms with Gasteiger partial charge in [0.2, 0.25) is 0 Å². The summed E-state index contributed by atoms with van der Waals surface area (Å²) >= 11 is 0. The van der Waals surface area contributed by atoms with E-state index in [2.05, 4.69) is 15.5 Å². The summed E-state index contributed by atoms with van der Waals surface area (Å²) in [5.41, 5.74) is 1.76. The highest BCUT2D eigenvalue weighted by Gasteiger charge is 2.41. The van der Waals surface area contributed by atoms with Crippen LogP contribution < -0.4 is 10.6 Å². The van der Waals surface area contributed by atoms with Crippen LogP contribution in [0.15, 0.2) is 24.3 Å². The maximum Gasteiger partial charge on any atom is 0.318 e. The Morgan fingerprint density at radius 1 is 0.857 bits per heavy atom. The minimum Gasteiger partial charge on any atom is -0.349 e. The largest absolute Gasteiger partial charge is 0.349 e. The molecule has 3 aliphatic rings. The van der Waals surface area contributed by atoms with Crippen LogP contribution in [0.25, 0.3) is 0 Å². The Kier molecular flexibility index (Phi) is 5.88. The molecule has 3 amide bonds. The van der Waals surface area contributed by atoms with Gasteiger partial charge in [0.25, 0.3) is 5.91 Å². The summed E-state index contributed by atoms with van der Waals surface area (Å²) in [7, 11) is 0. The number of amides is 3. The summed E-state index contributed by atoms with van der Waals surface area (Å²) in [5.74, 6) is 0.0151. The average molecular weight is 384 g/mol. The molecular formula is C23H33N3O2. The van der Waals surface area contributed by atoms with Gasteiger partial charge in [0, 0.05) is 29.7 Å². The van der Waals surface area contributed by atoms with Gasteiger partial charge in [-0.25, -0.2) is 4.79 Å². The number of nitrogens with zero attached hydrogens (tertiary/aromatic N) is 1. The van der Waals surface area contributed by atoms with Crippen LogP contribution in [0.2, 0.25) is 0 Å². The molecule has 1 saturated carbocycles. The van der Waals surface area contributed by atoms with Crippen molar-refractivity contribution in [1.82, 2.24) is 15.5 Å². The van der Waals surface area contributed by atoms with Crippen LogP contribution in [0.5, 0.6) is 0 Å². The first-order valence-corrected chi connectivity index (χ1v) is 11.1. The van der Waals surface area contributed by atoms with Gasteiger partial charge in [-0.1, -0.05) is 37.5 Å². The SMILES string of the molecule is Cc1ccccc1C(=O)NC1C[C@H]2CCC[C@H](C1)N2C(=O)NC1CCCCC1. The van der Waals surface area contributed by atoms with Crippen molar-refractivity contribution in [2.24, 2.45) is 0 Å². The van der Waals surface area contributed by atoms with E-state index in [1.54, 1.807) is 0 Å². The first-order valence-electron chi connectivity index (χ1n) is 11.1. The number of fused-ring (bicyclic) bond motifs is 2. The molecule has 2 N–H and O–H groups in total. The van der Waals surface area contributed by atoms with Gasteiger partial charge >= 0.3 is 6.03 Å². The zero-order valence-electron chi connectivity index (χ0n) is 17.0. The number of hydrogen-bond acceptors (Lipinski definition) is 2. The van der Waals surface area contributed by atoms with Gasteiger partial charge in [-0.2, -0.15) is 0 Å². The highest BCUT2D eigenvalue weighted by atomic mass is 16.2. The van der Waals surface area contributed by atoms with Crippen LogP contribution >= 0.6 is 0 Å². The summed E-state index contributed by atoms with van der Waals surface area (Å²) in [4.78, 5) is 27.8. The van der Waals surface area contributed by atoms with Gasteiger partial charge in [-0.15, -0.1) is 0 Å². The molecule has 0 aromatic heterocycles. The second kappa shape index (κ2) is 8.54. The molecule has 1 aromatic carbocycles. The summed E-state index contributed by atoms with van der Waals surface area (Å²) in [6.45, 7) is 1.97. The molecule has 5 nitrogen and oxygen atoms in total. The number of nitrogens with one attached hydrogen (secondary N) is 2. The highest BCUT2D eigenvalue weighted by Crippen LogP contribution is 2.34. The summed E-state index contributed by atoms with van der Waals surface area (Å²) < 4.78 is 0. The molecule has 5 heteroatoms.